The molecule has 0 unspecified atom stereocenters. The molecule has 0 N–H and O–H groups in total. The molecule has 0 bridgehead atoms. The van der Waals surface area contributed by atoms with Crippen LogP contribution in [0.25, 0.3) is 10.9 Å². The van der Waals surface area contributed by atoms with Crippen molar-refractivity contribution in [1.82, 2.24) is 9.55 Å². The number of aromatic nitrogens is 2. The summed E-state index contributed by atoms with van der Waals surface area (Å²) in [5, 5.41) is 0.550. The first-order chi connectivity index (χ1) is 7.72. The minimum absolute atomic E-state index is 0.0270. The molecular formula is C12H12N2O2. The van der Waals surface area contributed by atoms with Gasteiger partial charge in [0.2, 0.25) is 0 Å². The molecule has 0 aliphatic carbocycles. The van der Waals surface area contributed by atoms with Gasteiger partial charge in [0, 0.05) is 6.42 Å². The van der Waals surface area contributed by atoms with Crippen LogP contribution in [-0.4, -0.2) is 15.3 Å². The van der Waals surface area contributed by atoms with E-state index >= 15 is 0 Å². The van der Waals surface area contributed by atoms with Gasteiger partial charge in [-0.1, -0.05) is 19.1 Å². The molecule has 2 aromatic rings. The molecule has 0 saturated carbocycles. The van der Waals surface area contributed by atoms with Crippen molar-refractivity contribution in [3.8, 4) is 0 Å². The zero-order valence-corrected chi connectivity index (χ0v) is 9.01. The molecule has 4 heteroatoms. The highest BCUT2D eigenvalue weighted by Crippen LogP contribution is 2.04. The number of rotatable bonds is 3. The average molecular weight is 216 g/mol. The summed E-state index contributed by atoms with van der Waals surface area (Å²) in [6.07, 6.45) is 1.86. The molecule has 0 aliphatic heterocycles. The zero-order valence-electron chi connectivity index (χ0n) is 9.01. The fourth-order valence-electron chi connectivity index (χ4n) is 1.52. The minimum Gasteiger partial charge on any atom is -0.298 e. The topological polar surface area (TPSA) is 52.0 Å². The van der Waals surface area contributed by atoms with E-state index in [1.54, 1.807) is 25.1 Å². The van der Waals surface area contributed by atoms with Crippen molar-refractivity contribution >= 4 is 16.7 Å². The van der Waals surface area contributed by atoms with Crippen molar-refractivity contribution in [3.63, 3.8) is 0 Å². The second-order valence-electron chi connectivity index (χ2n) is 3.59. The maximum atomic E-state index is 12.0. The Labute approximate surface area is 92.5 Å². The van der Waals surface area contributed by atoms with Crippen LogP contribution >= 0.6 is 0 Å². The van der Waals surface area contributed by atoms with E-state index in [9.17, 15) is 9.59 Å². The highest BCUT2D eigenvalue weighted by Gasteiger charge is 2.05. The molecule has 0 radical (unpaired) electrons. The van der Waals surface area contributed by atoms with Crippen LogP contribution in [0, 0.1) is 0 Å². The SMILES string of the molecule is CCC(=O)Cn1cnc2ccccc2c1=O. The lowest BCUT2D eigenvalue weighted by molar-refractivity contribution is -0.119. The number of para-hydroxylation sites is 1. The Morgan fingerprint density at radius 2 is 2.12 bits per heavy atom. The van der Waals surface area contributed by atoms with Gasteiger partial charge < -0.3 is 0 Å². The van der Waals surface area contributed by atoms with Gasteiger partial charge in [-0.25, -0.2) is 4.98 Å². The quantitative estimate of drug-likeness (QED) is 0.778. The van der Waals surface area contributed by atoms with Crippen LogP contribution in [0.1, 0.15) is 13.3 Å². The summed E-state index contributed by atoms with van der Waals surface area (Å²) in [4.78, 5) is 27.4. The molecule has 0 amide bonds. The fraction of sp³-hybridized carbons (Fsp3) is 0.250. The number of carbonyl (C=O) groups excluding carboxylic acids is 1. The van der Waals surface area contributed by atoms with Crippen molar-refractivity contribution in [2.45, 2.75) is 19.9 Å². The minimum atomic E-state index is -0.160. The van der Waals surface area contributed by atoms with Gasteiger partial charge in [0.1, 0.15) is 0 Å². The summed E-state index contributed by atoms with van der Waals surface area (Å²) in [7, 11) is 0. The summed E-state index contributed by atoms with van der Waals surface area (Å²) in [6.45, 7) is 1.88. The van der Waals surface area contributed by atoms with E-state index in [0.29, 0.717) is 17.3 Å². The predicted octanol–water partition coefficient (Wildman–Crippen LogP) is 1.38. The Hall–Kier alpha value is -1.97. The van der Waals surface area contributed by atoms with Gasteiger partial charge in [-0.05, 0) is 12.1 Å². The molecule has 82 valence electrons. The average Bonchev–Trinajstić information content (AvgIpc) is 2.33. The monoisotopic (exact) mass is 216 g/mol. The summed E-state index contributed by atoms with van der Waals surface area (Å²) in [6, 6.07) is 7.12. The maximum Gasteiger partial charge on any atom is 0.261 e. The highest BCUT2D eigenvalue weighted by atomic mass is 16.1. The highest BCUT2D eigenvalue weighted by molar-refractivity contribution is 5.79. The lowest BCUT2D eigenvalue weighted by Crippen LogP contribution is -2.24. The number of benzene rings is 1. The largest absolute Gasteiger partial charge is 0.298 e. The summed E-state index contributed by atoms with van der Waals surface area (Å²) in [5.41, 5.74) is 0.500. The van der Waals surface area contributed by atoms with Crippen molar-refractivity contribution in [1.29, 1.82) is 0 Å². The van der Waals surface area contributed by atoms with Crippen LogP contribution in [0.4, 0.5) is 0 Å². The Morgan fingerprint density at radius 1 is 1.38 bits per heavy atom. The molecule has 16 heavy (non-hydrogen) atoms. The van der Waals surface area contributed by atoms with E-state index < -0.39 is 0 Å². The van der Waals surface area contributed by atoms with Crippen molar-refractivity contribution in [3.05, 3.63) is 40.9 Å². The van der Waals surface area contributed by atoms with Crippen LogP contribution in [0.2, 0.25) is 0 Å². The first kappa shape index (κ1) is 10.5. The third kappa shape index (κ3) is 1.86. The van der Waals surface area contributed by atoms with Gasteiger partial charge in [0.25, 0.3) is 5.56 Å². The number of hydrogen-bond donors (Lipinski definition) is 0. The van der Waals surface area contributed by atoms with Crippen LogP contribution in [0.3, 0.4) is 0 Å². The Morgan fingerprint density at radius 3 is 2.88 bits per heavy atom. The van der Waals surface area contributed by atoms with E-state index in [0.717, 1.165) is 0 Å². The summed E-state index contributed by atoms with van der Waals surface area (Å²) in [5.74, 6) is 0.0270. The van der Waals surface area contributed by atoms with Gasteiger partial charge in [-0.15, -0.1) is 0 Å². The third-order valence-electron chi connectivity index (χ3n) is 2.47. The molecule has 0 atom stereocenters. The summed E-state index contributed by atoms with van der Waals surface area (Å²) < 4.78 is 1.36. The fourth-order valence-corrected chi connectivity index (χ4v) is 1.52. The van der Waals surface area contributed by atoms with Crippen LogP contribution < -0.4 is 5.56 Å². The Balaban J connectivity index is 2.53. The Kier molecular flexibility index (Phi) is 2.81. The number of ketones is 1. The van der Waals surface area contributed by atoms with Gasteiger partial charge in [0.15, 0.2) is 5.78 Å². The van der Waals surface area contributed by atoms with Gasteiger partial charge in [-0.3, -0.25) is 14.2 Å². The standard InChI is InChI=1S/C12H12N2O2/c1-2-9(15)7-14-8-13-11-6-4-3-5-10(11)12(14)16/h3-6,8H,2,7H2,1H3. The lowest BCUT2D eigenvalue weighted by Gasteiger charge is -2.04. The second kappa shape index (κ2) is 4.26. The second-order valence-corrected chi connectivity index (χ2v) is 3.59. The van der Waals surface area contributed by atoms with E-state index in [1.165, 1.54) is 10.9 Å². The van der Waals surface area contributed by atoms with E-state index in [-0.39, 0.29) is 17.9 Å². The van der Waals surface area contributed by atoms with E-state index in [2.05, 4.69) is 4.98 Å². The number of Topliss-reactive ketones (excluding diaryl/α,β-unsaturated/α-hetero) is 1. The molecule has 2 rings (SSSR count). The number of hydrogen-bond acceptors (Lipinski definition) is 3. The van der Waals surface area contributed by atoms with E-state index in [1.807, 2.05) is 6.07 Å². The molecule has 4 nitrogen and oxygen atoms in total. The zero-order chi connectivity index (χ0) is 11.5. The Bertz CT molecular complexity index is 587. The van der Waals surface area contributed by atoms with E-state index in [4.69, 9.17) is 0 Å². The smallest absolute Gasteiger partial charge is 0.261 e. The number of nitrogens with zero attached hydrogens (tertiary/aromatic N) is 2. The molecular weight excluding hydrogens is 204 g/mol. The molecule has 1 aromatic heterocycles. The first-order valence-corrected chi connectivity index (χ1v) is 5.18. The molecule has 1 heterocycles. The van der Waals surface area contributed by atoms with Crippen molar-refractivity contribution < 1.29 is 4.79 Å². The summed E-state index contributed by atoms with van der Waals surface area (Å²) >= 11 is 0. The van der Waals surface area contributed by atoms with Crippen molar-refractivity contribution in [2.75, 3.05) is 0 Å². The first-order valence-electron chi connectivity index (χ1n) is 5.18. The van der Waals surface area contributed by atoms with Crippen LogP contribution in [0.15, 0.2) is 35.4 Å². The number of fused-ring (bicyclic) bond motifs is 1. The molecule has 0 spiro atoms. The van der Waals surface area contributed by atoms with Gasteiger partial charge in [0.05, 0.1) is 23.8 Å². The predicted molar refractivity (Wildman–Crippen MR) is 61.3 cm³/mol. The van der Waals surface area contributed by atoms with Crippen LogP contribution in [-0.2, 0) is 11.3 Å². The molecule has 1 aromatic carbocycles. The number of carbonyl (C=O) groups is 1. The van der Waals surface area contributed by atoms with Crippen LogP contribution in [0.5, 0.6) is 0 Å². The normalized spacial score (nSPS) is 10.6. The maximum absolute atomic E-state index is 12.0. The lowest BCUT2D eigenvalue weighted by atomic mass is 10.2. The van der Waals surface area contributed by atoms with Crippen molar-refractivity contribution in [2.24, 2.45) is 0 Å². The molecule has 0 aliphatic rings. The molecule has 0 saturated heterocycles. The third-order valence-corrected chi connectivity index (χ3v) is 2.47. The van der Waals surface area contributed by atoms with Gasteiger partial charge in [-0.2, -0.15) is 0 Å². The van der Waals surface area contributed by atoms with Gasteiger partial charge >= 0.3 is 0 Å². The molecule has 0 fully saturated rings.